The van der Waals surface area contributed by atoms with Gasteiger partial charge in [0.25, 0.3) is 0 Å². The molecule has 2 aromatic heterocycles. The van der Waals surface area contributed by atoms with Crippen molar-refractivity contribution < 1.29 is 14.3 Å². The summed E-state index contributed by atoms with van der Waals surface area (Å²) in [7, 11) is 0. The SMILES string of the molecule is CCC(C)CCCC(=O)Nc1sc2c(c1-c1nc3cc4c(cc3s1)OCO4)CCNC2. The molecule has 164 valence electrons. The highest BCUT2D eigenvalue weighted by atomic mass is 32.1. The molecular weight excluding hydrogens is 430 g/mol. The lowest BCUT2D eigenvalue weighted by atomic mass is 10.0. The van der Waals surface area contributed by atoms with E-state index in [1.54, 1.807) is 22.7 Å². The van der Waals surface area contributed by atoms with Gasteiger partial charge in [0.2, 0.25) is 12.7 Å². The molecule has 2 N–H and O–H groups in total. The summed E-state index contributed by atoms with van der Waals surface area (Å²) in [6.45, 7) is 6.50. The quantitative estimate of drug-likeness (QED) is 0.486. The number of aromatic nitrogens is 1. The molecule has 0 spiro atoms. The second-order valence-electron chi connectivity index (χ2n) is 8.28. The number of thiazole rings is 1. The number of amides is 1. The molecule has 0 bridgehead atoms. The molecule has 2 aliphatic heterocycles. The number of hydrogen-bond acceptors (Lipinski definition) is 7. The molecule has 5 rings (SSSR count). The number of thiophene rings is 1. The Hall–Kier alpha value is -2.16. The average Bonchev–Trinajstić information content (AvgIpc) is 3.46. The molecule has 8 heteroatoms. The first-order valence-electron chi connectivity index (χ1n) is 11.0. The monoisotopic (exact) mass is 457 g/mol. The molecule has 2 aliphatic rings. The van der Waals surface area contributed by atoms with Crippen LogP contribution in [0.1, 0.15) is 50.0 Å². The highest BCUT2D eigenvalue weighted by Gasteiger charge is 2.26. The predicted octanol–water partition coefficient (Wildman–Crippen LogP) is 5.55. The zero-order valence-electron chi connectivity index (χ0n) is 17.9. The van der Waals surface area contributed by atoms with Crippen LogP contribution in [0.15, 0.2) is 12.1 Å². The number of nitrogens with zero attached hydrogens (tertiary/aromatic N) is 1. The van der Waals surface area contributed by atoms with Crippen LogP contribution < -0.4 is 20.1 Å². The van der Waals surface area contributed by atoms with Crippen molar-refractivity contribution in [3.05, 3.63) is 22.6 Å². The van der Waals surface area contributed by atoms with E-state index >= 15 is 0 Å². The van der Waals surface area contributed by atoms with E-state index < -0.39 is 0 Å². The zero-order valence-corrected chi connectivity index (χ0v) is 19.5. The maximum Gasteiger partial charge on any atom is 0.231 e. The van der Waals surface area contributed by atoms with Crippen molar-refractivity contribution in [1.29, 1.82) is 0 Å². The van der Waals surface area contributed by atoms with Crippen molar-refractivity contribution in [3.8, 4) is 22.1 Å². The number of ether oxygens (including phenoxy) is 2. The molecule has 6 nitrogen and oxygen atoms in total. The average molecular weight is 458 g/mol. The lowest BCUT2D eigenvalue weighted by molar-refractivity contribution is -0.116. The Morgan fingerprint density at radius 3 is 2.97 bits per heavy atom. The van der Waals surface area contributed by atoms with Gasteiger partial charge in [0.1, 0.15) is 10.0 Å². The van der Waals surface area contributed by atoms with E-state index in [-0.39, 0.29) is 12.7 Å². The molecule has 3 aromatic rings. The number of hydrogen-bond donors (Lipinski definition) is 2. The van der Waals surface area contributed by atoms with Crippen molar-refractivity contribution in [2.24, 2.45) is 5.92 Å². The molecule has 31 heavy (non-hydrogen) atoms. The first-order chi connectivity index (χ1) is 15.1. The zero-order chi connectivity index (χ0) is 21.4. The van der Waals surface area contributed by atoms with Gasteiger partial charge in [-0.15, -0.1) is 22.7 Å². The van der Waals surface area contributed by atoms with Crippen LogP contribution >= 0.6 is 22.7 Å². The number of carbonyl (C=O) groups excluding carboxylic acids is 1. The summed E-state index contributed by atoms with van der Waals surface area (Å²) in [5.41, 5.74) is 3.32. The van der Waals surface area contributed by atoms with Gasteiger partial charge < -0.3 is 20.1 Å². The van der Waals surface area contributed by atoms with Crippen LogP contribution in [-0.4, -0.2) is 24.2 Å². The van der Waals surface area contributed by atoms with Gasteiger partial charge >= 0.3 is 0 Å². The lowest BCUT2D eigenvalue weighted by Crippen LogP contribution is -2.22. The maximum absolute atomic E-state index is 12.7. The summed E-state index contributed by atoms with van der Waals surface area (Å²) in [5.74, 6) is 2.28. The number of nitrogens with one attached hydrogen (secondary N) is 2. The minimum atomic E-state index is 0.0954. The third kappa shape index (κ3) is 4.16. The predicted molar refractivity (Wildman–Crippen MR) is 126 cm³/mol. The highest BCUT2D eigenvalue weighted by molar-refractivity contribution is 7.23. The maximum atomic E-state index is 12.7. The second kappa shape index (κ2) is 8.76. The molecule has 0 saturated heterocycles. The summed E-state index contributed by atoms with van der Waals surface area (Å²) < 4.78 is 12.1. The van der Waals surface area contributed by atoms with Crippen LogP contribution in [0.4, 0.5) is 5.00 Å². The summed E-state index contributed by atoms with van der Waals surface area (Å²) in [5, 5.41) is 8.54. The van der Waals surface area contributed by atoms with Gasteiger partial charge in [0.05, 0.1) is 10.2 Å². The van der Waals surface area contributed by atoms with E-state index in [1.807, 2.05) is 12.1 Å². The first-order valence-corrected chi connectivity index (χ1v) is 12.6. The summed E-state index contributed by atoms with van der Waals surface area (Å²) in [6, 6.07) is 3.96. The minimum absolute atomic E-state index is 0.0954. The summed E-state index contributed by atoms with van der Waals surface area (Å²) in [6.07, 6.45) is 4.69. The molecule has 4 heterocycles. The molecule has 1 amide bonds. The fraction of sp³-hybridized carbons (Fsp3) is 0.478. The van der Waals surface area contributed by atoms with Gasteiger partial charge in [-0.05, 0) is 30.9 Å². The standard InChI is InChI=1S/C23H27N3O3S2/c1-3-13(2)5-4-6-20(27)26-23-21(14-7-8-24-11-19(14)31-23)22-25-15-9-16-17(29-12-28-16)10-18(15)30-22/h9-10,13,24H,3-8,11-12H2,1-2H3,(H,26,27). The Morgan fingerprint density at radius 2 is 2.13 bits per heavy atom. The number of carbonyl (C=O) groups is 1. The largest absolute Gasteiger partial charge is 0.454 e. The summed E-state index contributed by atoms with van der Waals surface area (Å²) >= 11 is 3.33. The van der Waals surface area contributed by atoms with Gasteiger partial charge in [-0.3, -0.25) is 4.79 Å². The second-order valence-corrected chi connectivity index (χ2v) is 10.4. The van der Waals surface area contributed by atoms with Crippen molar-refractivity contribution in [2.45, 2.75) is 52.5 Å². The molecular formula is C23H27N3O3S2. The van der Waals surface area contributed by atoms with E-state index in [1.165, 1.54) is 10.4 Å². The van der Waals surface area contributed by atoms with Gasteiger partial charge in [0, 0.05) is 35.5 Å². The van der Waals surface area contributed by atoms with E-state index in [0.717, 1.165) is 76.1 Å². The minimum Gasteiger partial charge on any atom is -0.454 e. The van der Waals surface area contributed by atoms with Crippen molar-refractivity contribution in [2.75, 3.05) is 18.7 Å². The van der Waals surface area contributed by atoms with Crippen LogP contribution in [0.25, 0.3) is 20.8 Å². The molecule has 0 radical (unpaired) electrons. The fourth-order valence-electron chi connectivity index (χ4n) is 4.08. The Bertz CT molecular complexity index is 1080. The lowest BCUT2D eigenvalue weighted by Gasteiger charge is -2.13. The van der Waals surface area contributed by atoms with E-state index in [2.05, 4.69) is 24.5 Å². The Kier molecular flexibility index (Phi) is 5.86. The van der Waals surface area contributed by atoms with Gasteiger partial charge in [0.15, 0.2) is 11.5 Å². The van der Waals surface area contributed by atoms with Gasteiger partial charge in [-0.25, -0.2) is 4.98 Å². The first kappa shape index (κ1) is 20.7. The number of fused-ring (bicyclic) bond motifs is 3. The van der Waals surface area contributed by atoms with Crippen LogP contribution in [0.3, 0.4) is 0 Å². The van der Waals surface area contributed by atoms with Crippen LogP contribution in [-0.2, 0) is 17.8 Å². The third-order valence-corrected chi connectivity index (χ3v) is 8.26. The molecule has 0 fully saturated rings. The Balaban J connectivity index is 1.44. The van der Waals surface area contributed by atoms with Crippen molar-refractivity contribution in [1.82, 2.24) is 10.3 Å². The van der Waals surface area contributed by atoms with Gasteiger partial charge in [-0.2, -0.15) is 0 Å². The summed E-state index contributed by atoms with van der Waals surface area (Å²) in [4.78, 5) is 18.9. The molecule has 1 unspecified atom stereocenters. The normalized spacial score (nSPS) is 15.8. The Morgan fingerprint density at radius 1 is 1.29 bits per heavy atom. The van der Waals surface area contributed by atoms with E-state index in [4.69, 9.17) is 14.5 Å². The molecule has 0 saturated carbocycles. The molecule has 0 aliphatic carbocycles. The number of rotatable bonds is 7. The fourth-order valence-corrected chi connectivity index (χ4v) is 6.43. The van der Waals surface area contributed by atoms with Crippen molar-refractivity contribution >= 4 is 43.8 Å². The van der Waals surface area contributed by atoms with Gasteiger partial charge in [-0.1, -0.05) is 26.7 Å². The third-order valence-electron chi connectivity index (χ3n) is 6.08. The molecule has 1 atom stereocenters. The van der Waals surface area contributed by atoms with Crippen LogP contribution in [0, 0.1) is 5.92 Å². The number of anilines is 1. The smallest absolute Gasteiger partial charge is 0.231 e. The number of benzene rings is 1. The van der Waals surface area contributed by atoms with Crippen LogP contribution in [0.5, 0.6) is 11.5 Å². The highest BCUT2D eigenvalue weighted by Crippen LogP contribution is 2.46. The van der Waals surface area contributed by atoms with E-state index in [9.17, 15) is 4.79 Å². The molecule has 1 aromatic carbocycles. The van der Waals surface area contributed by atoms with Crippen molar-refractivity contribution in [3.63, 3.8) is 0 Å². The van der Waals surface area contributed by atoms with E-state index in [0.29, 0.717) is 12.3 Å². The topological polar surface area (TPSA) is 72.5 Å². The Labute approximate surface area is 190 Å². The van der Waals surface area contributed by atoms with Crippen LogP contribution in [0.2, 0.25) is 0 Å².